The number of ether oxygens (including phenoxy) is 2. The zero-order valence-corrected chi connectivity index (χ0v) is 51.5. The van der Waals surface area contributed by atoms with Gasteiger partial charge in [-0.25, -0.2) is 17.6 Å². The quantitative estimate of drug-likeness (QED) is 0.0900. The Kier molecular flexibility index (Phi) is 14.9. The number of nitrogens with zero attached hydrogens (tertiary/aromatic N) is 2. The highest BCUT2D eigenvalue weighted by Gasteiger charge is 2.48. The van der Waals surface area contributed by atoms with Crippen molar-refractivity contribution in [2.45, 2.75) is 24.7 Å². The molecule has 2 aliphatic rings. The number of hydrogen-bond acceptors (Lipinski definition) is 4. The minimum atomic E-state index is -0.958. The molecule has 0 radical (unpaired) electrons. The van der Waals surface area contributed by atoms with E-state index in [0.717, 1.165) is 89.3 Å². The van der Waals surface area contributed by atoms with Gasteiger partial charge in [-0.3, -0.25) is 0 Å². The first kappa shape index (κ1) is 58.6. The van der Waals surface area contributed by atoms with Crippen LogP contribution in [0.2, 0.25) is 0 Å². The second kappa shape index (κ2) is 23.8. The van der Waals surface area contributed by atoms with E-state index in [9.17, 15) is 0 Å². The van der Waals surface area contributed by atoms with E-state index >= 15 is 17.6 Å². The number of aryl methyl sites for hydroxylation is 2. The van der Waals surface area contributed by atoms with Crippen molar-refractivity contribution in [3.8, 4) is 45.3 Å². The van der Waals surface area contributed by atoms with Crippen LogP contribution >= 0.6 is 0 Å². The minimum absolute atomic E-state index is 0.355. The second-order valence-electron chi connectivity index (χ2n) is 23.9. The summed E-state index contributed by atoms with van der Waals surface area (Å²) in [6.45, 7) is 11.3. The summed E-state index contributed by atoms with van der Waals surface area (Å²) >= 11 is 0. The molecule has 0 aliphatic heterocycles. The standard InChI is InChI=1S/C86H60F4N2O2/c1-5-57-17-41-71(42-18-57)93-73-45-25-61(26-46-73)85(59-21-29-63(87)30-22-59)79-13-9-7-11-75(79)77-49-39-67(51-81(77)85)91(69-33-15-55(3)83(89)53-69)65-35-37-66(38-36-65)92(70-34-16-56(4)84(90)54-70)68-40-50-78-76-12-8-10-14-80(76)86(82(78)52-68,60-23-31-64(88)32-24-60)62-27-47-74(48-28-62)94-72-43-19-58(6-2)20-44-72/h5-54H,1-2H2,3-4H3/t85-,86?/m0/s1. The zero-order chi connectivity index (χ0) is 64.2. The van der Waals surface area contributed by atoms with Crippen LogP contribution in [0.5, 0.6) is 23.0 Å². The Bertz CT molecular complexity index is 4730. The van der Waals surface area contributed by atoms with Crippen LogP contribution in [-0.2, 0) is 10.8 Å². The highest BCUT2D eigenvalue weighted by molar-refractivity contribution is 5.92. The molecule has 0 heterocycles. The molecule has 0 saturated heterocycles. The Morgan fingerprint density at radius 3 is 0.926 bits per heavy atom. The molecule has 0 N–H and O–H groups in total. The maximum Gasteiger partial charge on any atom is 0.128 e. The summed E-state index contributed by atoms with van der Waals surface area (Å²) in [6.07, 6.45) is 3.58. The van der Waals surface area contributed by atoms with Gasteiger partial charge in [0.25, 0.3) is 0 Å². The molecule has 4 nitrogen and oxygen atoms in total. The fourth-order valence-electron chi connectivity index (χ4n) is 14.0. The fraction of sp³-hybridized carbons (Fsp3) is 0.0465. The first-order valence-electron chi connectivity index (χ1n) is 31.2. The van der Waals surface area contributed by atoms with Crippen LogP contribution in [0.15, 0.2) is 304 Å². The van der Waals surface area contributed by atoms with Gasteiger partial charge in [0.1, 0.15) is 46.3 Å². The topological polar surface area (TPSA) is 24.9 Å². The predicted octanol–water partition coefficient (Wildman–Crippen LogP) is 23.4. The van der Waals surface area contributed by atoms with Gasteiger partial charge in [0, 0.05) is 34.1 Å². The van der Waals surface area contributed by atoms with E-state index in [1.807, 2.05) is 168 Å². The van der Waals surface area contributed by atoms with Gasteiger partial charge in [-0.15, -0.1) is 0 Å². The molecule has 13 aromatic rings. The summed E-state index contributed by atoms with van der Waals surface area (Å²) < 4.78 is 75.6. The number of halogens is 4. The van der Waals surface area contributed by atoms with Gasteiger partial charge >= 0.3 is 0 Å². The zero-order valence-electron chi connectivity index (χ0n) is 51.5. The molecule has 8 heteroatoms. The summed E-state index contributed by atoms with van der Waals surface area (Å²) in [7, 11) is 0. The first-order chi connectivity index (χ1) is 45.9. The molecule has 2 atom stereocenters. The minimum Gasteiger partial charge on any atom is -0.457 e. The van der Waals surface area contributed by atoms with Gasteiger partial charge in [-0.05, 0) is 248 Å². The second-order valence-corrected chi connectivity index (χ2v) is 23.9. The van der Waals surface area contributed by atoms with Gasteiger partial charge in [0.2, 0.25) is 0 Å². The molecule has 94 heavy (non-hydrogen) atoms. The van der Waals surface area contributed by atoms with Crippen LogP contribution in [0.25, 0.3) is 34.4 Å². The Labute approximate surface area is 544 Å². The van der Waals surface area contributed by atoms with Crippen LogP contribution in [0.3, 0.4) is 0 Å². The Balaban J connectivity index is 0.871. The van der Waals surface area contributed by atoms with E-state index in [1.165, 1.54) is 24.3 Å². The van der Waals surface area contributed by atoms with Crippen LogP contribution < -0.4 is 19.3 Å². The lowest BCUT2D eigenvalue weighted by molar-refractivity contribution is 0.482. The molecule has 0 amide bonds. The lowest BCUT2D eigenvalue weighted by Gasteiger charge is -2.35. The molecule has 1 unspecified atom stereocenters. The van der Waals surface area contributed by atoms with Crippen LogP contribution in [0.4, 0.5) is 51.7 Å². The monoisotopic (exact) mass is 1230 g/mol. The fourth-order valence-corrected chi connectivity index (χ4v) is 14.0. The maximum atomic E-state index is 16.2. The molecule has 454 valence electrons. The average Bonchev–Trinajstić information content (AvgIpc) is 1.51. The molecule has 0 spiro atoms. The van der Waals surface area contributed by atoms with E-state index in [-0.39, 0.29) is 23.3 Å². The van der Waals surface area contributed by atoms with Crippen molar-refractivity contribution >= 4 is 46.3 Å². The first-order valence-corrected chi connectivity index (χ1v) is 31.2. The van der Waals surface area contributed by atoms with Crippen molar-refractivity contribution in [2.75, 3.05) is 9.80 Å². The average molecular weight is 1230 g/mol. The van der Waals surface area contributed by atoms with Crippen molar-refractivity contribution < 1.29 is 27.0 Å². The van der Waals surface area contributed by atoms with Crippen LogP contribution in [0, 0.1) is 37.1 Å². The molecule has 0 saturated carbocycles. The van der Waals surface area contributed by atoms with Crippen LogP contribution in [0.1, 0.15) is 66.8 Å². The highest BCUT2D eigenvalue weighted by Crippen LogP contribution is 2.60. The molecular weight excluding hydrogens is 1170 g/mol. The van der Waals surface area contributed by atoms with Gasteiger partial charge in [-0.2, -0.15) is 0 Å². The lowest BCUT2D eigenvalue weighted by Crippen LogP contribution is -2.29. The third-order valence-corrected chi connectivity index (χ3v) is 18.6. The van der Waals surface area contributed by atoms with E-state index in [2.05, 4.69) is 98.1 Å². The van der Waals surface area contributed by atoms with E-state index in [4.69, 9.17) is 9.47 Å². The number of rotatable bonds is 16. The SMILES string of the molecule is C=Cc1ccc(Oc2ccc(C3(c4ccc(F)cc4)c4ccccc4-c4ccc(N(c5ccc(N(c6ccc(C)c(F)c6)c6ccc7c(c6)[C@@](c6ccc(F)cc6)(c6ccc(Oc8ccc(C=C)cc8)cc6)c6ccccc6-7)cc5)c5ccc(C)c(F)c5)cc43)cc2)cc1. The van der Waals surface area contributed by atoms with Gasteiger partial charge < -0.3 is 19.3 Å². The van der Waals surface area contributed by atoms with E-state index in [0.29, 0.717) is 56.9 Å². The van der Waals surface area contributed by atoms with E-state index in [1.54, 1.807) is 50.3 Å². The van der Waals surface area contributed by atoms with Crippen molar-refractivity contribution in [3.63, 3.8) is 0 Å². The third kappa shape index (κ3) is 10.0. The summed E-state index contributed by atoms with van der Waals surface area (Å²) in [6, 6.07) is 93.1. The number of hydrogen-bond donors (Lipinski definition) is 0. The van der Waals surface area contributed by atoms with Crippen molar-refractivity contribution in [1.29, 1.82) is 0 Å². The molecule has 0 aromatic heterocycles. The summed E-state index contributed by atoms with van der Waals surface area (Å²) in [5.41, 5.74) is 16.7. The number of benzene rings is 13. The maximum absolute atomic E-state index is 16.2. The molecule has 15 rings (SSSR count). The molecule has 13 aromatic carbocycles. The highest BCUT2D eigenvalue weighted by atomic mass is 19.1. The normalized spacial score (nSPS) is 14.9. The predicted molar refractivity (Wildman–Crippen MR) is 373 cm³/mol. The van der Waals surface area contributed by atoms with E-state index < -0.39 is 10.8 Å². The molecule has 2 aliphatic carbocycles. The summed E-state index contributed by atoms with van der Waals surface area (Å²) in [4.78, 5) is 4.10. The van der Waals surface area contributed by atoms with Crippen molar-refractivity contribution in [2.24, 2.45) is 0 Å². The molecule has 0 bridgehead atoms. The van der Waals surface area contributed by atoms with Crippen LogP contribution in [-0.4, -0.2) is 0 Å². The number of fused-ring (bicyclic) bond motifs is 6. The van der Waals surface area contributed by atoms with Gasteiger partial charge in [0.15, 0.2) is 0 Å². The third-order valence-electron chi connectivity index (χ3n) is 18.6. The Hall–Kier alpha value is -11.7. The van der Waals surface area contributed by atoms with Gasteiger partial charge in [0.05, 0.1) is 10.8 Å². The number of anilines is 6. The molecular formula is C86H60F4N2O2. The lowest BCUT2D eigenvalue weighted by atomic mass is 9.67. The summed E-state index contributed by atoms with van der Waals surface area (Å²) in [5, 5.41) is 0. The Morgan fingerprint density at radius 1 is 0.298 bits per heavy atom. The van der Waals surface area contributed by atoms with Crippen molar-refractivity contribution in [3.05, 3.63) is 394 Å². The molecule has 0 fully saturated rings. The van der Waals surface area contributed by atoms with Gasteiger partial charge in [-0.1, -0.05) is 171 Å². The largest absolute Gasteiger partial charge is 0.457 e. The van der Waals surface area contributed by atoms with Crippen molar-refractivity contribution in [1.82, 2.24) is 0 Å². The Morgan fingerprint density at radius 2 is 0.585 bits per heavy atom. The smallest absolute Gasteiger partial charge is 0.128 e. The summed E-state index contributed by atoms with van der Waals surface area (Å²) in [5.74, 6) is 1.21.